The van der Waals surface area contributed by atoms with Gasteiger partial charge in [0.15, 0.2) is 0 Å². The van der Waals surface area contributed by atoms with Gasteiger partial charge in [-0.1, -0.05) is 56.3 Å². The number of amides is 1. The molecule has 0 spiro atoms. The molecule has 1 aliphatic rings. The Labute approximate surface area is 205 Å². The van der Waals surface area contributed by atoms with Crippen molar-refractivity contribution in [2.45, 2.75) is 32.7 Å². The number of rotatable bonds is 8. The van der Waals surface area contributed by atoms with Gasteiger partial charge in [0.2, 0.25) is 0 Å². The lowest BCUT2D eigenvalue weighted by Crippen LogP contribution is -2.29. The average Bonchev–Trinajstić information content (AvgIpc) is 3.17. The van der Waals surface area contributed by atoms with Gasteiger partial charge in [-0.15, -0.1) is 0 Å². The van der Waals surface area contributed by atoms with Crippen LogP contribution in [-0.4, -0.2) is 30.5 Å². The number of nitrogens with zero attached hydrogens (tertiary/aromatic N) is 1. The molecule has 6 nitrogen and oxygen atoms in total. The molecule has 1 fully saturated rings. The van der Waals surface area contributed by atoms with E-state index in [1.807, 2.05) is 43.3 Å². The van der Waals surface area contributed by atoms with Crippen LogP contribution in [-0.2, 0) is 16.0 Å². The van der Waals surface area contributed by atoms with Gasteiger partial charge in [0.1, 0.15) is 17.3 Å². The van der Waals surface area contributed by atoms with E-state index in [1.165, 1.54) is 12.0 Å². The third kappa shape index (κ3) is 4.64. The SMILES string of the molecule is CCCOc1cccc(/C(O)=C2/C(=O)C(=O)N(c3ccc(CC)cc3)C2c2ccccc2OC)c1. The molecule has 0 saturated carbocycles. The summed E-state index contributed by atoms with van der Waals surface area (Å²) in [5, 5.41) is 11.4. The van der Waals surface area contributed by atoms with E-state index in [0.29, 0.717) is 34.9 Å². The second-order valence-corrected chi connectivity index (χ2v) is 8.31. The number of anilines is 1. The van der Waals surface area contributed by atoms with Crippen molar-refractivity contribution in [3.8, 4) is 11.5 Å². The van der Waals surface area contributed by atoms with Crippen molar-refractivity contribution in [3.05, 3.63) is 95.1 Å². The molecule has 1 amide bonds. The van der Waals surface area contributed by atoms with Crippen LogP contribution in [0.4, 0.5) is 5.69 Å². The van der Waals surface area contributed by atoms with Crippen molar-refractivity contribution in [1.82, 2.24) is 0 Å². The van der Waals surface area contributed by atoms with E-state index >= 15 is 0 Å². The Kier molecular flexibility index (Phi) is 7.20. The Morgan fingerprint density at radius 3 is 2.40 bits per heavy atom. The fourth-order valence-corrected chi connectivity index (χ4v) is 4.29. The predicted molar refractivity (Wildman–Crippen MR) is 136 cm³/mol. The number of hydrogen-bond donors (Lipinski definition) is 1. The minimum absolute atomic E-state index is 0.00621. The number of aryl methyl sites for hydroxylation is 1. The predicted octanol–water partition coefficient (Wildman–Crippen LogP) is 5.67. The number of aliphatic hydroxyl groups excluding tert-OH is 1. The number of ether oxygens (including phenoxy) is 2. The molecular weight excluding hydrogens is 442 g/mol. The summed E-state index contributed by atoms with van der Waals surface area (Å²) in [5.41, 5.74) is 2.70. The number of Topliss-reactive ketones (excluding diaryl/α,β-unsaturated/α-hetero) is 1. The van der Waals surface area contributed by atoms with Gasteiger partial charge in [0.05, 0.1) is 25.3 Å². The molecule has 3 aromatic carbocycles. The molecule has 0 bridgehead atoms. The summed E-state index contributed by atoms with van der Waals surface area (Å²) in [5.74, 6) is -0.619. The van der Waals surface area contributed by atoms with Gasteiger partial charge in [-0.2, -0.15) is 0 Å². The summed E-state index contributed by atoms with van der Waals surface area (Å²) in [6.07, 6.45) is 1.69. The van der Waals surface area contributed by atoms with E-state index in [4.69, 9.17) is 9.47 Å². The van der Waals surface area contributed by atoms with Crippen LogP contribution >= 0.6 is 0 Å². The van der Waals surface area contributed by atoms with E-state index in [1.54, 1.807) is 36.4 Å². The molecule has 35 heavy (non-hydrogen) atoms. The molecule has 6 heteroatoms. The second kappa shape index (κ2) is 10.5. The number of hydrogen-bond acceptors (Lipinski definition) is 5. The fraction of sp³-hybridized carbons (Fsp3) is 0.241. The molecule has 1 saturated heterocycles. The minimum Gasteiger partial charge on any atom is -0.507 e. The topological polar surface area (TPSA) is 76.1 Å². The quantitative estimate of drug-likeness (QED) is 0.260. The summed E-state index contributed by atoms with van der Waals surface area (Å²) in [7, 11) is 1.54. The highest BCUT2D eigenvalue weighted by Gasteiger charge is 2.47. The zero-order valence-electron chi connectivity index (χ0n) is 20.2. The Morgan fingerprint density at radius 1 is 0.971 bits per heavy atom. The Bertz CT molecular complexity index is 1260. The largest absolute Gasteiger partial charge is 0.507 e. The zero-order valence-corrected chi connectivity index (χ0v) is 20.2. The maximum atomic E-state index is 13.4. The van der Waals surface area contributed by atoms with Crippen molar-refractivity contribution in [3.63, 3.8) is 0 Å². The lowest BCUT2D eigenvalue weighted by molar-refractivity contribution is -0.132. The van der Waals surface area contributed by atoms with Gasteiger partial charge in [-0.3, -0.25) is 14.5 Å². The highest BCUT2D eigenvalue weighted by atomic mass is 16.5. The Morgan fingerprint density at radius 2 is 1.71 bits per heavy atom. The first-order chi connectivity index (χ1) is 17.0. The maximum Gasteiger partial charge on any atom is 0.300 e. The fourth-order valence-electron chi connectivity index (χ4n) is 4.29. The summed E-state index contributed by atoms with van der Waals surface area (Å²) in [6.45, 7) is 4.59. The number of carbonyl (C=O) groups excluding carboxylic acids is 2. The molecule has 3 aromatic rings. The van der Waals surface area contributed by atoms with Crippen molar-refractivity contribution in [2.75, 3.05) is 18.6 Å². The Balaban J connectivity index is 1.91. The monoisotopic (exact) mass is 471 g/mol. The highest BCUT2D eigenvalue weighted by Crippen LogP contribution is 2.45. The second-order valence-electron chi connectivity index (χ2n) is 8.31. The molecule has 1 N–H and O–H groups in total. The standard InChI is InChI=1S/C29H29NO5/c1-4-17-35-22-10-8-9-20(18-22)27(31)25-26(23-11-6-7-12-24(23)34-3)30(29(33)28(25)32)21-15-13-19(5-2)14-16-21/h6-16,18,26,31H,4-5,17H2,1-3H3/b27-25-. The van der Waals surface area contributed by atoms with E-state index in [9.17, 15) is 14.7 Å². The number of benzene rings is 3. The lowest BCUT2D eigenvalue weighted by atomic mass is 9.94. The number of carbonyl (C=O) groups is 2. The van der Waals surface area contributed by atoms with Crippen LogP contribution < -0.4 is 14.4 Å². The number of para-hydroxylation sites is 1. The average molecular weight is 472 g/mol. The summed E-state index contributed by atoms with van der Waals surface area (Å²) >= 11 is 0. The van der Waals surface area contributed by atoms with Crippen LogP contribution in [0, 0.1) is 0 Å². The number of methoxy groups -OCH3 is 1. The van der Waals surface area contributed by atoms with Gasteiger partial charge >= 0.3 is 0 Å². The molecule has 4 rings (SSSR count). The van der Waals surface area contributed by atoms with Crippen molar-refractivity contribution < 1.29 is 24.2 Å². The van der Waals surface area contributed by atoms with Gasteiger partial charge in [-0.05, 0) is 48.7 Å². The van der Waals surface area contributed by atoms with Gasteiger partial charge in [-0.25, -0.2) is 0 Å². The summed E-state index contributed by atoms with van der Waals surface area (Å²) < 4.78 is 11.3. The van der Waals surface area contributed by atoms with Crippen LogP contribution in [0.2, 0.25) is 0 Å². The normalized spacial score (nSPS) is 17.0. The molecule has 180 valence electrons. The van der Waals surface area contributed by atoms with E-state index in [2.05, 4.69) is 6.92 Å². The van der Waals surface area contributed by atoms with Crippen LogP contribution in [0.25, 0.3) is 5.76 Å². The molecule has 0 aromatic heterocycles. The van der Waals surface area contributed by atoms with E-state index < -0.39 is 17.7 Å². The van der Waals surface area contributed by atoms with Crippen molar-refractivity contribution in [2.24, 2.45) is 0 Å². The Hall–Kier alpha value is -4.06. The smallest absolute Gasteiger partial charge is 0.300 e. The first-order valence-electron chi connectivity index (χ1n) is 11.8. The van der Waals surface area contributed by atoms with E-state index in [-0.39, 0.29) is 11.3 Å². The molecule has 0 radical (unpaired) electrons. The zero-order chi connectivity index (χ0) is 24.9. The van der Waals surface area contributed by atoms with Gasteiger partial charge in [0.25, 0.3) is 11.7 Å². The maximum absolute atomic E-state index is 13.4. The number of aliphatic hydroxyl groups is 1. The van der Waals surface area contributed by atoms with Crippen molar-refractivity contribution in [1.29, 1.82) is 0 Å². The molecule has 1 aliphatic heterocycles. The lowest BCUT2D eigenvalue weighted by Gasteiger charge is -2.26. The highest BCUT2D eigenvalue weighted by molar-refractivity contribution is 6.51. The number of ketones is 1. The van der Waals surface area contributed by atoms with E-state index in [0.717, 1.165) is 18.4 Å². The van der Waals surface area contributed by atoms with Crippen molar-refractivity contribution >= 4 is 23.1 Å². The van der Waals surface area contributed by atoms with Crippen LogP contribution in [0.5, 0.6) is 11.5 Å². The third-order valence-corrected chi connectivity index (χ3v) is 6.08. The molecule has 0 aliphatic carbocycles. The van der Waals surface area contributed by atoms with Crippen LogP contribution in [0.3, 0.4) is 0 Å². The summed E-state index contributed by atoms with van der Waals surface area (Å²) in [4.78, 5) is 28.2. The first-order valence-corrected chi connectivity index (χ1v) is 11.8. The van der Waals surface area contributed by atoms with Crippen LogP contribution in [0.15, 0.2) is 78.4 Å². The third-order valence-electron chi connectivity index (χ3n) is 6.08. The molecule has 1 atom stereocenters. The molecule has 1 unspecified atom stereocenters. The van der Waals surface area contributed by atoms with Crippen LogP contribution in [0.1, 0.15) is 43.0 Å². The minimum atomic E-state index is -0.862. The first kappa shape index (κ1) is 24.1. The molecule has 1 heterocycles. The van der Waals surface area contributed by atoms with Gasteiger partial charge in [0, 0.05) is 16.8 Å². The summed E-state index contributed by atoms with van der Waals surface area (Å²) in [6, 6.07) is 20.8. The molecular formula is C29H29NO5. The van der Waals surface area contributed by atoms with Gasteiger partial charge < -0.3 is 14.6 Å².